The Bertz CT molecular complexity index is 492. The molecule has 0 aliphatic rings. The molecule has 2 atom stereocenters. The van der Waals surface area contributed by atoms with E-state index in [9.17, 15) is 0 Å². The second-order valence-corrected chi connectivity index (χ2v) is 4.39. The molecule has 2 unspecified atom stereocenters. The van der Waals surface area contributed by atoms with Crippen molar-refractivity contribution >= 4 is 16.7 Å². The van der Waals surface area contributed by atoms with Gasteiger partial charge in [-0.25, -0.2) is 9.97 Å². The Morgan fingerprint density at radius 1 is 1.24 bits per heavy atom. The van der Waals surface area contributed by atoms with Crippen molar-refractivity contribution in [3.05, 3.63) is 30.6 Å². The van der Waals surface area contributed by atoms with Gasteiger partial charge in [0, 0.05) is 11.4 Å². The molecule has 0 amide bonds. The van der Waals surface area contributed by atoms with Crippen molar-refractivity contribution in [1.29, 1.82) is 0 Å². The monoisotopic (exact) mass is 230 g/mol. The molecule has 90 valence electrons. The maximum Gasteiger partial charge on any atom is 0.137 e. The van der Waals surface area contributed by atoms with Crippen LogP contribution in [0.15, 0.2) is 30.6 Å². The summed E-state index contributed by atoms with van der Waals surface area (Å²) in [6, 6.07) is 8.27. The number of nitrogens with two attached hydrogens (primary N) is 1. The van der Waals surface area contributed by atoms with Gasteiger partial charge in [0.05, 0.1) is 5.52 Å². The normalized spacial score (nSPS) is 14.5. The van der Waals surface area contributed by atoms with Crippen LogP contribution in [0.2, 0.25) is 0 Å². The standard InChI is InChI=1S/C13H18N4/c1-9(7-14)10(2)17-13-11-5-3-4-6-12(11)15-8-16-13/h3-6,8-10H,7,14H2,1-2H3,(H,15,16,17). The predicted molar refractivity (Wildman–Crippen MR) is 70.8 cm³/mol. The van der Waals surface area contributed by atoms with Crippen molar-refractivity contribution in [2.75, 3.05) is 11.9 Å². The lowest BCUT2D eigenvalue weighted by Crippen LogP contribution is -2.29. The van der Waals surface area contributed by atoms with Crippen molar-refractivity contribution in [3.63, 3.8) is 0 Å². The lowest BCUT2D eigenvalue weighted by molar-refractivity contribution is 0.520. The van der Waals surface area contributed by atoms with Crippen LogP contribution in [0.5, 0.6) is 0 Å². The topological polar surface area (TPSA) is 63.8 Å². The Kier molecular flexibility index (Phi) is 3.54. The Morgan fingerprint density at radius 2 is 2.00 bits per heavy atom. The van der Waals surface area contributed by atoms with Crippen LogP contribution in [-0.4, -0.2) is 22.6 Å². The molecule has 17 heavy (non-hydrogen) atoms. The number of aromatic nitrogens is 2. The van der Waals surface area contributed by atoms with E-state index in [2.05, 4.69) is 29.1 Å². The molecule has 1 aromatic heterocycles. The minimum atomic E-state index is 0.290. The summed E-state index contributed by atoms with van der Waals surface area (Å²) in [4.78, 5) is 8.54. The molecule has 0 aliphatic carbocycles. The zero-order valence-electron chi connectivity index (χ0n) is 10.2. The second kappa shape index (κ2) is 5.10. The third-order valence-corrected chi connectivity index (χ3v) is 3.13. The lowest BCUT2D eigenvalue weighted by atomic mass is 10.0. The fourth-order valence-electron chi connectivity index (χ4n) is 1.68. The first kappa shape index (κ1) is 11.8. The van der Waals surface area contributed by atoms with Gasteiger partial charge in [0.25, 0.3) is 0 Å². The summed E-state index contributed by atoms with van der Waals surface area (Å²) in [5.41, 5.74) is 6.62. The Labute approximate surface area is 101 Å². The fourth-order valence-corrected chi connectivity index (χ4v) is 1.68. The molecule has 2 rings (SSSR count). The molecule has 1 aromatic carbocycles. The first-order valence-corrected chi connectivity index (χ1v) is 5.88. The summed E-state index contributed by atoms with van der Waals surface area (Å²) in [5, 5.41) is 4.45. The molecule has 0 fully saturated rings. The number of benzene rings is 1. The van der Waals surface area contributed by atoms with Crippen LogP contribution >= 0.6 is 0 Å². The van der Waals surface area contributed by atoms with Gasteiger partial charge < -0.3 is 11.1 Å². The van der Waals surface area contributed by atoms with E-state index in [-0.39, 0.29) is 0 Å². The smallest absolute Gasteiger partial charge is 0.137 e. The number of nitrogens with zero attached hydrogens (tertiary/aromatic N) is 2. The molecule has 1 heterocycles. The molecule has 0 saturated carbocycles. The van der Waals surface area contributed by atoms with Crippen LogP contribution in [0, 0.1) is 5.92 Å². The largest absolute Gasteiger partial charge is 0.367 e. The van der Waals surface area contributed by atoms with Crippen molar-refractivity contribution in [2.45, 2.75) is 19.9 Å². The van der Waals surface area contributed by atoms with E-state index >= 15 is 0 Å². The van der Waals surface area contributed by atoms with Crippen LogP contribution in [0.3, 0.4) is 0 Å². The number of nitrogens with one attached hydrogen (secondary N) is 1. The third kappa shape index (κ3) is 2.53. The van der Waals surface area contributed by atoms with Gasteiger partial charge in [-0.15, -0.1) is 0 Å². The molecule has 0 aliphatic heterocycles. The minimum Gasteiger partial charge on any atom is -0.367 e. The van der Waals surface area contributed by atoms with Crippen LogP contribution in [0.4, 0.5) is 5.82 Å². The average Bonchev–Trinajstić information content (AvgIpc) is 2.38. The number of para-hydroxylation sites is 1. The van der Waals surface area contributed by atoms with E-state index in [1.807, 2.05) is 24.3 Å². The molecule has 2 aromatic rings. The molecular formula is C13H18N4. The van der Waals surface area contributed by atoms with E-state index in [0.717, 1.165) is 16.7 Å². The van der Waals surface area contributed by atoms with Crippen LogP contribution < -0.4 is 11.1 Å². The van der Waals surface area contributed by atoms with E-state index < -0.39 is 0 Å². The van der Waals surface area contributed by atoms with Crippen molar-refractivity contribution in [1.82, 2.24) is 9.97 Å². The van der Waals surface area contributed by atoms with Crippen molar-refractivity contribution < 1.29 is 0 Å². The number of fused-ring (bicyclic) bond motifs is 1. The number of hydrogen-bond donors (Lipinski definition) is 2. The summed E-state index contributed by atoms with van der Waals surface area (Å²) in [6.07, 6.45) is 1.59. The summed E-state index contributed by atoms with van der Waals surface area (Å²) in [6.45, 7) is 4.91. The highest BCUT2D eigenvalue weighted by molar-refractivity contribution is 5.88. The Morgan fingerprint density at radius 3 is 2.76 bits per heavy atom. The second-order valence-electron chi connectivity index (χ2n) is 4.39. The van der Waals surface area contributed by atoms with Gasteiger partial charge in [0.15, 0.2) is 0 Å². The molecule has 0 saturated heterocycles. The zero-order valence-corrected chi connectivity index (χ0v) is 10.2. The molecule has 0 spiro atoms. The minimum absolute atomic E-state index is 0.290. The maximum atomic E-state index is 5.67. The first-order chi connectivity index (χ1) is 8.22. The van der Waals surface area contributed by atoms with Gasteiger partial charge in [-0.1, -0.05) is 19.1 Å². The molecule has 3 N–H and O–H groups in total. The summed E-state index contributed by atoms with van der Waals surface area (Å²) >= 11 is 0. The highest BCUT2D eigenvalue weighted by Crippen LogP contribution is 2.20. The summed E-state index contributed by atoms with van der Waals surface area (Å²) < 4.78 is 0. The van der Waals surface area contributed by atoms with Gasteiger partial charge >= 0.3 is 0 Å². The van der Waals surface area contributed by atoms with Crippen LogP contribution in [0.1, 0.15) is 13.8 Å². The summed E-state index contributed by atoms with van der Waals surface area (Å²) in [7, 11) is 0. The van der Waals surface area contributed by atoms with E-state index in [4.69, 9.17) is 5.73 Å². The van der Waals surface area contributed by atoms with E-state index in [0.29, 0.717) is 18.5 Å². The fraction of sp³-hybridized carbons (Fsp3) is 0.385. The van der Waals surface area contributed by atoms with Crippen molar-refractivity contribution in [2.24, 2.45) is 11.7 Å². The number of rotatable bonds is 4. The SMILES string of the molecule is CC(CN)C(C)Nc1ncnc2ccccc12. The quantitative estimate of drug-likeness (QED) is 0.843. The average molecular weight is 230 g/mol. The van der Waals surface area contributed by atoms with Gasteiger partial charge in [-0.2, -0.15) is 0 Å². The Hall–Kier alpha value is -1.68. The highest BCUT2D eigenvalue weighted by Gasteiger charge is 2.12. The van der Waals surface area contributed by atoms with Gasteiger partial charge in [-0.3, -0.25) is 0 Å². The number of anilines is 1. The van der Waals surface area contributed by atoms with Crippen LogP contribution in [0.25, 0.3) is 10.9 Å². The van der Waals surface area contributed by atoms with Gasteiger partial charge in [-0.05, 0) is 31.5 Å². The third-order valence-electron chi connectivity index (χ3n) is 3.13. The number of hydrogen-bond acceptors (Lipinski definition) is 4. The first-order valence-electron chi connectivity index (χ1n) is 5.88. The molecule has 4 nitrogen and oxygen atoms in total. The lowest BCUT2D eigenvalue weighted by Gasteiger charge is -2.20. The Balaban J connectivity index is 2.30. The molecule has 4 heteroatoms. The molecular weight excluding hydrogens is 212 g/mol. The predicted octanol–water partition coefficient (Wildman–Crippen LogP) is 2.02. The van der Waals surface area contributed by atoms with Gasteiger partial charge in [0.1, 0.15) is 12.1 Å². The van der Waals surface area contributed by atoms with Crippen LogP contribution in [-0.2, 0) is 0 Å². The zero-order chi connectivity index (χ0) is 12.3. The summed E-state index contributed by atoms with van der Waals surface area (Å²) in [5.74, 6) is 1.28. The molecule has 0 radical (unpaired) electrons. The van der Waals surface area contributed by atoms with Gasteiger partial charge in [0.2, 0.25) is 0 Å². The maximum absolute atomic E-state index is 5.67. The highest BCUT2D eigenvalue weighted by atomic mass is 15.0. The molecule has 0 bridgehead atoms. The van der Waals surface area contributed by atoms with E-state index in [1.54, 1.807) is 6.33 Å². The van der Waals surface area contributed by atoms with E-state index in [1.165, 1.54) is 0 Å². The van der Waals surface area contributed by atoms with Crippen molar-refractivity contribution in [3.8, 4) is 0 Å².